The van der Waals surface area contributed by atoms with Crippen LogP contribution in [0.15, 0.2) is 47.4 Å². The topological polar surface area (TPSA) is 70.1 Å². The van der Waals surface area contributed by atoms with E-state index in [1.165, 1.54) is 16.4 Å². The molecule has 0 saturated carbocycles. The van der Waals surface area contributed by atoms with Gasteiger partial charge in [-0.2, -0.15) is 4.31 Å². The van der Waals surface area contributed by atoms with Crippen molar-refractivity contribution < 1.29 is 22.7 Å². The van der Waals surface area contributed by atoms with Crippen LogP contribution in [0.3, 0.4) is 0 Å². The molecule has 3 rings (SSSR count). The third-order valence-electron chi connectivity index (χ3n) is 5.43. The molecule has 6 nitrogen and oxygen atoms in total. The third-order valence-corrected chi connectivity index (χ3v) is 7.45. The van der Waals surface area contributed by atoms with Crippen molar-refractivity contribution in [2.75, 3.05) is 33.8 Å². The molecule has 0 spiro atoms. The fourth-order valence-corrected chi connectivity index (χ4v) is 5.41. The van der Waals surface area contributed by atoms with Crippen LogP contribution in [0.1, 0.15) is 25.0 Å². The van der Waals surface area contributed by atoms with E-state index < -0.39 is 21.9 Å². The van der Waals surface area contributed by atoms with Crippen molar-refractivity contribution in [1.29, 1.82) is 0 Å². The van der Waals surface area contributed by atoms with E-state index in [9.17, 15) is 17.9 Å². The molecule has 0 bridgehead atoms. The first-order valence-corrected chi connectivity index (χ1v) is 11.9. The second kappa shape index (κ2) is 10.0. The zero-order valence-corrected chi connectivity index (χ0v) is 19.6. The zero-order chi connectivity index (χ0) is 23.5. The minimum absolute atomic E-state index is 0.0323. The summed E-state index contributed by atoms with van der Waals surface area (Å²) >= 11 is 0. The molecule has 1 heterocycles. The van der Waals surface area contributed by atoms with E-state index in [0.29, 0.717) is 12.1 Å². The standard InChI is InChI=1S/C24H29FN2O4S/c1-17-14-27(18(2)16-28)32(29,30)24-12-10-19(9-11-20-7-5-6-8-21(20)25)13-22(24)31-23(17)15-26(3)4/h5-8,10,12-13,17-18,23,28H,14-16H2,1-4H3/t17-,18+,23+/m1/s1. The van der Waals surface area contributed by atoms with Crippen LogP contribution in [0.4, 0.5) is 4.39 Å². The van der Waals surface area contributed by atoms with Crippen LogP contribution in [0, 0.1) is 23.6 Å². The summed E-state index contributed by atoms with van der Waals surface area (Å²) in [5.74, 6) is 5.36. The van der Waals surface area contributed by atoms with Gasteiger partial charge >= 0.3 is 0 Å². The number of likely N-dealkylation sites (N-methyl/N-ethyl adjacent to an activating group) is 1. The maximum atomic E-state index is 13.9. The minimum Gasteiger partial charge on any atom is -0.487 e. The number of benzene rings is 2. The van der Waals surface area contributed by atoms with E-state index in [0.717, 1.165) is 0 Å². The predicted octanol–water partition coefficient (Wildman–Crippen LogP) is 2.56. The maximum Gasteiger partial charge on any atom is 0.247 e. The van der Waals surface area contributed by atoms with Crippen molar-refractivity contribution in [3.05, 3.63) is 59.4 Å². The Morgan fingerprint density at radius 3 is 2.62 bits per heavy atom. The highest BCUT2D eigenvalue weighted by Crippen LogP contribution is 2.34. The SMILES string of the molecule is C[C@@H]1CN([C@@H](C)CO)S(=O)(=O)c2ccc(C#Cc3ccccc3F)cc2O[C@H]1CN(C)C. The molecule has 0 amide bonds. The average molecular weight is 461 g/mol. The normalized spacial score (nSPS) is 21.5. The Morgan fingerprint density at radius 1 is 1.25 bits per heavy atom. The molecular formula is C24H29FN2O4S. The van der Waals surface area contributed by atoms with Gasteiger partial charge in [0.15, 0.2) is 0 Å². The number of nitrogens with zero attached hydrogens (tertiary/aromatic N) is 2. The molecule has 1 N–H and O–H groups in total. The molecule has 8 heteroatoms. The fraction of sp³-hybridized carbons (Fsp3) is 0.417. The molecule has 3 atom stereocenters. The number of sulfonamides is 1. The number of rotatable bonds is 4. The maximum absolute atomic E-state index is 13.9. The van der Waals surface area contributed by atoms with Gasteiger partial charge in [-0.15, -0.1) is 0 Å². The lowest BCUT2D eigenvalue weighted by molar-refractivity contribution is 0.0812. The first kappa shape index (κ1) is 24.2. The van der Waals surface area contributed by atoms with E-state index in [1.807, 2.05) is 25.9 Å². The van der Waals surface area contributed by atoms with Crippen LogP contribution in [0.25, 0.3) is 0 Å². The number of fused-ring (bicyclic) bond motifs is 1. The number of halogens is 1. The molecule has 1 aliphatic heterocycles. The van der Waals surface area contributed by atoms with Gasteiger partial charge in [0.1, 0.15) is 22.6 Å². The first-order valence-electron chi connectivity index (χ1n) is 10.5. The lowest BCUT2D eigenvalue weighted by Crippen LogP contribution is -2.49. The monoisotopic (exact) mass is 460 g/mol. The second-order valence-electron chi connectivity index (χ2n) is 8.39. The van der Waals surface area contributed by atoms with Crippen LogP contribution in [0.2, 0.25) is 0 Å². The first-order chi connectivity index (χ1) is 15.1. The summed E-state index contributed by atoms with van der Waals surface area (Å²) in [6.07, 6.45) is -0.276. The van der Waals surface area contributed by atoms with E-state index in [1.54, 1.807) is 37.3 Å². The molecule has 0 aromatic heterocycles. The summed E-state index contributed by atoms with van der Waals surface area (Å²) in [4.78, 5) is 2.02. The minimum atomic E-state index is -3.90. The molecule has 32 heavy (non-hydrogen) atoms. The van der Waals surface area contributed by atoms with Gasteiger partial charge in [-0.1, -0.05) is 30.9 Å². The summed E-state index contributed by atoms with van der Waals surface area (Å²) in [5, 5.41) is 9.68. The van der Waals surface area contributed by atoms with Crippen LogP contribution >= 0.6 is 0 Å². The van der Waals surface area contributed by atoms with Gasteiger partial charge in [0.2, 0.25) is 10.0 Å². The summed E-state index contributed by atoms with van der Waals surface area (Å²) in [6, 6.07) is 10.3. The van der Waals surface area contributed by atoms with Crippen LogP contribution in [-0.4, -0.2) is 68.7 Å². The summed E-state index contributed by atoms with van der Waals surface area (Å²) < 4.78 is 48.3. The van der Waals surface area contributed by atoms with Crippen molar-refractivity contribution in [3.8, 4) is 17.6 Å². The lowest BCUT2D eigenvalue weighted by Gasteiger charge is -2.37. The number of aliphatic hydroxyl groups excluding tert-OH is 1. The van der Waals surface area contributed by atoms with Crippen LogP contribution in [-0.2, 0) is 10.0 Å². The van der Waals surface area contributed by atoms with E-state index in [-0.39, 0.29) is 41.4 Å². The Kier molecular flexibility index (Phi) is 7.57. The highest BCUT2D eigenvalue weighted by molar-refractivity contribution is 7.89. The van der Waals surface area contributed by atoms with Crippen molar-refractivity contribution in [1.82, 2.24) is 9.21 Å². The average Bonchev–Trinajstić information content (AvgIpc) is 2.74. The Bertz CT molecular complexity index is 1120. The molecule has 0 unspecified atom stereocenters. The van der Waals surface area contributed by atoms with Crippen LogP contribution in [0.5, 0.6) is 5.75 Å². The molecular weight excluding hydrogens is 431 g/mol. The lowest BCUT2D eigenvalue weighted by atomic mass is 10.0. The van der Waals surface area contributed by atoms with Gasteiger partial charge < -0.3 is 14.7 Å². The summed E-state index contributed by atoms with van der Waals surface area (Å²) in [7, 11) is -0.0478. The molecule has 2 aromatic carbocycles. The van der Waals surface area contributed by atoms with Crippen molar-refractivity contribution in [3.63, 3.8) is 0 Å². The summed E-state index contributed by atoms with van der Waals surface area (Å²) in [5.41, 5.74) is 0.774. The number of ether oxygens (including phenoxy) is 1. The van der Waals surface area contributed by atoms with Crippen LogP contribution < -0.4 is 4.74 Å². The van der Waals surface area contributed by atoms with Crippen molar-refractivity contribution >= 4 is 10.0 Å². The van der Waals surface area contributed by atoms with Gasteiger partial charge in [-0.05, 0) is 51.4 Å². The van der Waals surface area contributed by atoms with Gasteiger partial charge in [0, 0.05) is 30.6 Å². The second-order valence-corrected chi connectivity index (χ2v) is 10.3. The molecule has 2 aromatic rings. The molecule has 1 aliphatic rings. The molecule has 172 valence electrons. The highest BCUT2D eigenvalue weighted by Gasteiger charge is 2.37. The molecule has 0 saturated heterocycles. The smallest absolute Gasteiger partial charge is 0.247 e. The Labute approximate surface area is 189 Å². The van der Waals surface area contributed by atoms with Crippen molar-refractivity contribution in [2.24, 2.45) is 5.92 Å². The van der Waals surface area contributed by atoms with Gasteiger partial charge in [-0.3, -0.25) is 0 Å². The van der Waals surface area contributed by atoms with Gasteiger partial charge in [0.25, 0.3) is 0 Å². The van der Waals surface area contributed by atoms with E-state index >= 15 is 0 Å². The zero-order valence-electron chi connectivity index (χ0n) is 18.7. The quantitative estimate of drug-likeness (QED) is 0.711. The fourth-order valence-electron chi connectivity index (χ4n) is 3.58. The molecule has 0 fully saturated rings. The Balaban J connectivity index is 2.09. The predicted molar refractivity (Wildman–Crippen MR) is 121 cm³/mol. The number of hydrogen-bond acceptors (Lipinski definition) is 5. The summed E-state index contributed by atoms with van der Waals surface area (Å²) in [6.45, 7) is 4.16. The van der Waals surface area contributed by atoms with Gasteiger partial charge in [-0.25, -0.2) is 12.8 Å². The van der Waals surface area contributed by atoms with Crippen molar-refractivity contribution in [2.45, 2.75) is 30.9 Å². The Hall–Kier alpha value is -2.44. The van der Waals surface area contributed by atoms with E-state index in [2.05, 4.69) is 11.8 Å². The Morgan fingerprint density at radius 2 is 1.97 bits per heavy atom. The largest absolute Gasteiger partial charge is 0.487 e. The third kappa shape index (κ3) is 5.30. The molecule has 0 aliphatic carbocycles. The van der Waals surface area contributed by atoms with Gasteiger partial charge in [0.05, 0.1) is 12.2 Å². The molecule has 0 radical (unpaired) electrons. The van der Waals surface area contributed by atoms with E-state index in [4.69, 9.17) is 4.74 Å². The number of aliphatic hydroxyl groups is 1. The number of hydrogen-bond donors (Lipinski definition) is 1. The highest BCUT2D eigenvalue weighted by atomic mass is 32.2.